The molecule has 0 heterocycles. The average Bonchev–Trinajstić information content (AvgIpc) is 2.05. The normalized spacial score (nSPS) is 34.5. The number of aliphatic hydroxyl groups excluding tert-OH is 1. The van der Waals surface area contributed by atoms with Crippen molar-refractivity contribution < 1.29 is 5.11 Å². The molecule has 0 bridgehead atoms. The van der Waals surface area contributed by atoms with Crippen LogP contribution in [-0.4, -0.2) is 11.2 Å². The highest BCUT2D eigenvalue weighted by atomic mass is 16.3. The first-order valence-corrected chi connectivity index (χ1v) is 6.06. The fourth-order valence-electron chi connectivity index (χ4n) is 2.41. The Kier molecular flexibility index (Phi) is 4.00. The highest BCUT2D eigenvalue weighted by Gasteiger charge is 2.27. The molecule has 1 aliphatic rings. The number of aliphatic hydroxyl groups is 1. The largest absolute Gasteiger partial charge is 0.393 e. The molecule has 1 rings (SSSR count). The van der Waals surface area contributed by atoms with E-state index in [1.807, 2.05) is 0 Å². The van der Waals surface area contributed by atoms with Gasteiger partial charge in [0.25, 0.3) is 0 Å². The van der Waals surface area contributed by atoms with E-state index in [2.05, 4.69) is 27.7 Å². The van der Waals surface area contributed by atoms with Gasteiger partial charge in [0, 0.05) is 0 Å². The molecule has 0 saturated heterocycles. The van der Waals surface area contributed by atoms with E-state index in [1.54, 1.807) is 0 Å². The molecular weight excluding hydrogens is 172 g/mol. The molecule has 3 atom stereocenters. The highest BCUT2D eigenvalue weighted by Crippen LogP contribution is 2.34. The molecule has 1 aliphatic carbocycles. The molecule has 1 heteroatoms. The Morgan fingerprint density at radius 1 is 1.21 bits per heavy atom. The SMILES string of the molecule is CC1CCC(O)C(CCC(C)(C)C)C1. The quantitative estimate of drug-likeness (QED) is 0.718. The van der Waals surface area contributed by atoms with Crippen molar-refractivity contribution in [3.8, 4) is 0 Å². The standard InChI is InChI=1S/C13H26O/c1-10-5-6-12(14)11(9-10)7-8-13(2,3)4/h10-12,14H,5-9H2,1-4H3. The van der Waals surface area contributed by atoms with Gasteiger partial charge in [-0.05, 0) is 49.4 Å². The predicted molar refractivity (Wildman–Crippen MR) is 61.2 cm³/mol. The lowest BCUT2D eigenvalue weighted by Gasteiger charge is -2.33. The maximum absolute atomic E-state index is 9.88. The molecule has 1 saturated carbocycles. The van der Waals surface area contributed by atoms with E-state index in [0.29, 0.717) is 11.3 Å². The summed E-state index contributed by atoms with van der Waals surface area (Å²) in [6.07, 6.45) is 5.89. The van der Waals surface area contributed by atoms with Crippen molar-refractivity contribution in [1.29, 1.82) is 0 Å². The van der Waals surface area contributed by atoms with Crippen LogP contribution < -0.4 is 0 Å². The second kappa shape index (κ2) is 4.65. The van der Waals surface area contributed by atoms with Crippen LogP contribution in [0.15, 0.2) is 0 Å². The van der Waals surface area contributed by atoms with Gasteiger partial charge >= 0.3 is 0 Å². The van der Waals surface area contributed by atoms with E-state index in [9.17, 15) is 5.11 Å². The van der Waals surface area contributed by atoms with Gasteiger partial charge in [-0.3, -0.25) is 0 Å². The summed E-state index contributed by atoms with van der Waals surface area (Å²) in [5.74, 6) is 1.39. The van der Waals surface area contributed by atoms with E-state index in [1.165, 1.54) is 25.7 Å². The Hall–Kier alpha value is -0.0400. The molecule has 0 aliphatic heterocycles. The van der Waals surface area contributed by atoms with Crippen LogP contribution in [0.1, 0.15) is 59.8 Å². The molecule has 0 aromatic heterocycles. The minimum absolute atomic E-state index is 0.0199. The maximum Gasteiger partial charge on any atom is 0.0568 e. The molecule has 0 aromatic rings. The second-order valence-electron chi connectivity index (χ2n) is 6.34. The third-order valence-corrected chi connectivity index (χ3v) is 3.47. The minimum Gasteiger partial charge on any atom is -0.393 e. The third-order valence-electron chi connectivity index (χ3n) is 3.47. The molecule has 3 unspecified atom stereocenters. The summed E-state index contributed by atoms with van der Waals surface area (Å²) in [4.78, 5) is 0. The van der Waals surface area contributed by atoms with Crippen LogP contribution in [-0.2, 0) is 0 Å². The minimum atomic E-state index is -0.0199. The van der Waals surface area contributed by atoms with Crippen molar-refractivity contribution in [2.24, 2.45) is 17.3 Å². The molecule has 1 nitrogen and oxygen atoms in total. The third kappa shape index (κ3) is 4.00. The van der Waals surface area contributed by atoms with Gasteiger partial charge in [0.15, 0.2) is 0 Å². The van der Waals surface area contributed by atoms with Gasteiger partial charge in [0.1, 0.15) is 0 Å². The Morgan fingerprint density at radius 2 is 1.86 bits per heavy atom. The van der Waals surface area contributed by atoms with Crippen LogP contribution in [0.4, 0.5) is 0 Å². The molecule has 1 fully saturated rings. The van der Waals surface area contributed by atoms with Crippen LogP contribution in [0.25, 0.3) is 0 Å². The Balaban J connectivity index is 2.35. The monoisotopic (exact) mass is 198 g/mol. The molecule has 0 spiro atoms. The van der Waals surface area contributed by atoms with Crippen LogP contribution >= 0.6 is 0 Å². The predicted octanol–water partition coefficient (Wildman–Crippen LogP) is 3.61. The summed E-state index contributed by atoms with van der Waals surface area (Å²) in [6.45, 7) is 9.17. The van der Waals surface area contributed by atoms with E-state index < -0.39 is 0 Å². The van der Waals surface area contributed by atoms with Gasteiger partial charge in [-0.15, -0.1) is 0 Å². The smallest absolute Gasteiger partial charge is 0.0568 e. The molecular formula is C13H26O. The van der Waals surface area contributed by atoms with E-state index in [0.717, 1.165) is 12.3 Å². The fourth-order valence-corrected chi connectivity index (χ4v) is 2.41. The summed E-state index contributed by atoms with van der Waals surface area (Å²) in [5, 5.41) is 9.88. The van der Waals surface area contributed by atoms with E-state index >= 15 is 0 Å². The second-order valence-corrected chi connectivity index (χ2v) is 6.34. The van der Waals surface area contributed by atoms with Crippen molar-refractivity contribution in [3.63, 3.8) is 0 Å². The number of hydrogen-bond donors (Lipinski definition) is 1. The maximum atomic E-state index is 9.88. The Labute approximate surface area is 88.9 Å². The van der Waals surface area contributed by atoms with Crippen molar-refractivity contribution in [2.45, 2.75) is 65.9 Å². The summed E-state index contributed by atoms with van der Waals surface area (Å²) >= 11 is 0. The zero-order valence-corrected chi connectivity index (χ0v) is 10.2. The lowest BCUT2D eigenvalue weighted by Crippen LogP contribution is -2.29. The first kappa shape index (κ1) is 12.0. The van der Waals surface area contributed by atoms with Gasteiger partial charge in [-0.25, -0.2) is 0 Å². The van der Waals surface area contributed by atoms with Crippen molar-refractivity contribution >= 4 is 0 Å². The van der Waals surface area contributed by atoms with Gasteiger partial charge in [0.05, 0.1) is 6.10 Å². The summed E-state index contributed by atoms with van der Waals surface area (Å²) in [5.41, 5.74) is 0.417. The van der Waals surface area contributed by atoms with Gasteiger partial charge < -0.3 is 5.11 Å². The van der Waals surface area contributed by atoms with E-state index in [-0.39, 0.29) is 6.10 Å². The number of rotatable bonds is 2. The topological polar surface area (TPSA) is 20.2 Å². The number of hydrogen-bond acceptors (Lipinski definition) is 1. The van der Waals surface area contributed by atoms with Crippen LogP contribution in [0.3, 0.4) is 0 Å². The first-order valence-electron chi connectivity index (χ1n) is 6.06. The zero-order valence-electron chi connectivity index (χ0n) is 10.2. The lowest BCUT2D eigenvalue weighted by atomic mass is 9.75. The summed E-state index contributed by atoms with van der Waals surface area (Å²) in [7, 11) is 0. The zero-order chi connectivity index (χ0) is 10.8. The van der Waals surface area contributed by atoms with Crippen molar-refractivity contribution in [3.05, 3.63) is 0 Å². The lowest BCUT2D eigenvalue weighted by molar-refractivity contribution is 0.0418. The van der Waals surface area contributed by atoms with Gasteiger partial charge in [0.2, 0.25) is 0 Å². The molecule has 0 aromatic carbocycles. The van der Waals surface area contributed by atoms with Gasteiger partial charge in [-0.1, -0.05) is 27.7 Å². The van der Waals surface area contributed by atoms with Crippen LogP contribution in [0.2, 0.25) is 0 Å². The summed E-state index contributed by atoms with van der Waals surface area (Å²) in [6, 6.07) is 0. The Bertz CT molecular complexity index is 169. The molecule has 0 amide bonds. The average molecular weight is 198 g/mol. The van der Waals surface area contributed by atoms with Crippen molar-refractivity contribution in [2.75, 3.05) is 0 Å². The highest BCUT2D eigenvalue weighted by molar-refractivity contribution is 4.79. The molecule has 14 heavy (non-hydrogen) atoms. The molecule has 0 radical (unpaired) electrons. The Morgan fingerprint density at radius 3 is 2.43 bits per heavy atom. The van der Waals surface area contributed by atoms with Crippen LogP contribution in [0, 0.1) is 17.3 Å². The van der Waals surface area contributed by atoms with E-state index in [4.69, 9.17) is 0 Å². The summed E-state index contributed by atoms with van der Waals surface area (Å²) < 4.78 is 0. The van der Waals surface area contributed by atoms with Crippen LogP contribution in [0.5, 0.6) is 0 Å². The fraction of sp³-hybridized carbons (Fsp3) is 1.00. The van der Waals surface area contributed by atoms with Gasteiger partial charge in [-0.2, -0.15) is 0 Å². The first-order chi connectivity index (χ1) is 6.38. The van der Waals surface area contributed by atoms with Crippen molar-refractivity contribution in [1.82, 2.24) is 0 Å². The molecule has 1 N–H and O–H groups in total. The molecule has 84 valence electrons.